The van der Waals surface area contributed by atoms with E-state index in [1.54, 1.807) is 45.4 Å². The Hall–Kier alpha value is -3.41. The third kappa shape index (κ3) is 14.9. The fourth-order valence-electron chi connectivity index (χ4n) is 11.8. The van der Waals surface area contributed by atoms with E-state index >= 15 is 0 Å². The maximum absolute atomic E-state index is 14.6. The summed E-state index contributed by atoms with van der Waals surface area (Å²) >= 11 is 0. The van der Waals surface area contributed by atoms with Gasteiger partial charge < -0.3 is 77.8 Å². The summed E-state index contributed by atoms with van der Waals surface area (Å²) in [6.45, 7) is 23.2. The Kier molecular flexibility index (Phi) is 22.3. The second kappa shape index (κ2) is 26.7. The zero-order chi connectivity index (χ0) is 56.8. The molecular formula is C57H93N3O16. The fraction of sp³-hybridized carbons (Fsp3) is 0.772. The van der Waals surface area contributed by atoms with E-state index in [0.717, 1.165) is 5.56 Å². The SMILES string of the molecule is CC[C@H]1OC(=O)[C@H](C)[C@@H](O[C@H]2C[C@@](C)(OC)[C@@H](OCCCOCC=Cc3ccc4c(c3)c(=O)c(C(=O)O)cn4C(C)C)[C@H](C)O2)[C@H](C)[C@@H](O[C@@H]2O[C@H](C)C[C@H](N(C)C)[C@H]2O)[C@](C)(O)C[C@@H](C)CN(C)[C@H](C)[C@@H](O)[C@]1(C)O. The van der Waals surface area contributed by atoms with Crippen molar-refractivity contribution < 1.29 is 73.0 Å². The van der Waals surface area contributed by atoms with Crippen LogP contribution in [-0.2, 0) is 42.7 Å². The Bertz CT molecular complexity index is 2310. The molecule has 5 rings (SSSR count). The number of hydrogen-bond acceptors (Lipinski definition) is 17. The maximum atomic E-state index is 14.6. The van der Waals surface area contributed by atoms with Crippen LogP contribution in [0, 0.1) is 17.8 Å². The van der Waals surface area contributed by atoms with Gasteiger partial charge in [0.05, 0.1) is 53.7 Å². The number of aromatic nitrogens is 1. The number of carboxylic acid groups (broad SMARTS) is 1. The van der Waals surface area contributed by atoms with Gasteiger partial charge in [0, 0.05) is 68.9 Å². The third-order valence-corrected chi connectivity index (χ3v) is 16.3. The molecule has 0 saturated carbocycles. The van der Waals surface area contributed by atoms with Gasteiger partial charge in [-0.2, -0.15) is 0 Å². The Labute approximate surface area is 450 Å². The van der Waals surface area contributed by atoms with Gasteiger partial charge in [-0.05, 0) is 133 Å². The van der Waals surface area contributed by atoms with E-state index in [-0.39, 0.29) is 55.5 Å². The summed E-state index contributed by atoms with van der Waals surface area (Å²) in [5, 5.41) is 58.1. The van der Waals surface area contributed by atoms with Gasteiger partial charge in [-0.3, -0.25) is 9.59 Å². The number of methoxy groups -OCH3 is 1. The highest BCUT2D eigenvalue weighted by atomic mass is 16.7. The molecule has 0 aliphatic carbocycles. The lowest BCUT2D eigenvalue weighted by atomic mass is 9.77. The Morgan fingerprint density at radius 3 is 2.28 bits per heavy atom. The average molecular weight is 1080 g/mol. The first kappa shape index (κ1) is 63.4. The summed E-state index contributed by atoms with van der Waals surface area (Å²) in [6, 6.07) is 4.46. The van der Waals surface area contributed by atoms with Crippen LogP contribution in [-0.4, -0.2) is 197 Å². The zero-order valence-electron chi connectivity index (χ0n) is 48.1. The molecule has 3 aliphatic heterocycles. The van der Waals surface area contributed by atoms with Crippen molar-refractivity contribution in [3.05, 3.63) is 51.8 Å². The summed E-state index contributed by atoms with van der Waals surface area (Å²) < 4.78 is 53.2. The van der Waals surface area contributed by atoms with Crippen molar-refractivity contribution in [1.82, 2.24) is 14.4 Å². The molecule has 0 amide bonds. The molecule has 432 valence electrons. The number of aromatic carboxylic acids is 1. The summed E-state index contributed by atoms with van der Waals surface area (Å²) in [5.74, 6) is -3.99. The van der Waals surface area contributed by atoms with E-state index in [4.69, 9.17) is 37.9 Å². The highest BCUT2D eigenvalue weighted by Crippen LogP contribution is 2.41. The monoisotopic (exact) mass is 1080 g/mol. The smallest absolute Gasteiger partial charge is 0.341 e. The predicted octanol–water partition coefficient (Wildman–Crippen LogP) is 5.64. The molecule has 0 bridgehead atoms. The van der Waals surface area contributed by atoms with E-state index < -0.39 is 107 Å². The molecule has 3 aliphatic rings. The van der Waals surface area contributed by atoms with Crippen molar-refractivity contribution >= 4 is 28.9 Å². The first-order valence-corrected chi connectivity index (χ1v) is 27.3. The van der Waals surface area contributed by atoms with Crippen molar-refractivity contribution in [1.29, 1.82) is 0 Å². The van der Waals surface area contributed by atoms with Gasteiger partial charge in [-0.25, -0.2) is 4.79 Å². The van der Waals surface area contributed by atoms with Crippen LogP contribution < -0.4 is 5.43 Å². The highest BCUT2D eigenvalue weighted by molar-refractivity contribution is 5.93. The number of ether oxygens (including phenoxy) is 8. The van der Waals surface area contributed by atoms with Gasteiger partial charge in [-0.1, -0.05) is 39.0 Å². The minimum absolute atomic E-state index is 0.0502. The van der Waals surface area contributed by atoms with Crippen LogP contribution >= 0.6 is 0 Å². The molecule has 0 radical (unpaired) electrons. The maximum Gasteiger partial charge on any atom is 0.341 e. The van der Waals surface area contributed by atoms with E-state index in [0.29, 0.717) is 43.5 Å². The number of rotatable bonds is 17. The van der Waals surface area contributed by atoms with Crippen molar-refractivity contribution in [3.63, 3.8) is 0 Å². The lowest BCUT2D eigenvalue weighted by Gasteiger charge is -2.49. The van der Waals surface area contributed by atoms with E-state index in [9.17, 15) is 39.9 Å². The van der Waals surface area contributed by atoms with Crippen LogP contribution in [0.1, 0.15) is 137 Å². The first-order valence-electron chi connectivity index (χ1n) is 27.3. The van der Waals surface area contributed by atoms with Gasteiger partial charge in [-0.15, -0.1) is 0 Å². The molecule has 5 N–H and O–H groups in total. The molecule has 1 aromatic carbocycles. The van der Waals surface area contributed by atoms with Gasteiger partial charge in [0.2, 0.25) is 5.43 Å². The number of carbonyl (C=O) groups excluding carboxylic acids is 1. The van der Waals surface area contributed by atoms with Crippen molar-refractivity contribution in [2.75, 3.05) is 54.6 Å². The van der Waals surface area contributed by atoms with Gasteiger partial charge in [0.1, 0.15) is 35.6 Å². The second-order valence-corrected chi connectivity index (χ2v) is 23.3. The molecule has 3 fully saturated rings. The number of aliphatic hydroxyl groups excluding tert-OH is 2. The second-order valence-electron chi connectivity index (χ2n) is 23.3. The van der Waals surface area contributed by atoms with Gasteiger partial charge in [0.25, 0.3) is 0 Å². The van der Waals surface area contributed by atoms with Crippen molar-refractivity contribution in [3.8, 4) is 0 Å². The van der Waals surface area contributed by atoms with Crippen molar-refractivity contribution in [2.45, 2.75) is 212 Å². The standard InChI is InChI=1S/C57H93N3O16/c1-17-44-57(12,68)49(63)37(8)59(15)30-33(4)28-55(10,67)50(76-54-47(62)43(58(13)14)26-34(5)72-54)35(6)48(36(7)53(66)74-44)75-45-29-56(11,69-16)51(38(9)73-45)71-25-19-24-70-23-18-20-39-21-22-42-40(27-39)46(61)41(52(64)65)31-60(42)32(2)3/h18,20-22,27,31-38,43-45,47-51,54,62-63,67-68H,17,19,23-26,28-30H2,1-16H3,(H,64,65)/t33-,34-,35+,36-,37-,38+,43+,44-,45+,47-,48+,49-,50-,51+,54+,55-,56-,57-/m1/s1. The average Bonchev–Trinajstić information content (AvgIpc) is 3.34. The molecule has 19 nitrogen and oxygen atoms in total. The molecule has 4 heterocycles. The van der Waals surface area contributed by atoms with Crippen LogP contribution in [0.4, 0.5) is 0 Å². The molecule has 0 unspecified atom stereocenters. The predicted molar refractivity (Wildman–Crippen MR) is 288 cm³/mol. The molecular weight excluding hydrogens is 983 g/mol. The Morgan fingerprint density at radius 1 is 0.974 bits per heavy atom. The molecule has 3 saturated heterocycles. The molecule has 1 aromatic heterocycles. The number of likely N-dealkylation sites (N-methyl/N-ethyl adjacent to an activating group) is 2. The number of hydrogen-bond donors (Lipinski definition) is 5. The summed E-state index contributed by atoms with van der Waals surface area (Å²) in [4.78, 5) is 43.3. The number of esters is 1. The molecule has 0 spiro atoms. The van der Waals surface area contributed by atoms with Crippen LogP contribution in [0.5, 0.6) is 0 Å². The molecule has 18 atom stereocenters. The Balaban J connectivity index is 1.34. The fourth-order valence-corrected chi connectivity index (χ4v) is 11.8. The number of carbonyl (C=O) groups is 2. The third-order valence-electron chi connectivity index (χ3n) is 16.3. The van der Waals surface area contributed by atoms with E-state index in [1.807, 2.05) is 104 Å². The number of nitrogens with zero attached hydrogens (tertiary/aromatic N) is 3. The minimum Gasteiger partial charge on any atom is -0.477 e. The van der Waals surface area contributed by atoms with Gasteiger partial charge in [0.15, 0.2) is 12.6 Å². The lowest BCUT2D eigenvalue weighted by molar-refractivity contribution is -0.320. The number of carboxylic acids is 1. The normalized spacial score (nSPS) is 37.9. The van der Waals surface area contributed by atoms with Crippen LogP contribution in [0.3, 0.4) is 0 Å². The first-order chi connectivity index (χ1) is 35.5. The summed E-state index contributed by atoms with van der Waals surface area (Å²) in [5.41, 5.74) is -3.80. The molecule has 2 aromatic rings. The van der Waals surface area contributed by atoms with Gasteiger partial charge >= 0.3 is 11.9 Å². The Morgan fingerprint density at radius 2 is 1.66 bits per heavy atom. The number of benzene rings is 1. The zero-order valence-corrected chi connectivity index (χ0v) is 48.1. The van der Waals surface area contributed by atoms with E-state index in [1.165, 1.54) is 13.1 Å². The number of cyclic esters (lactones) is 1. The number of fused-ring (bicyclic) bond motifs is 1. The number of pyridine rings is 1. The lowest BCUT2D eigenvalue weighted by Crippen LogP contribution is -2.61. The van der Waals surface area contributed by atoms with Crippen molar-refractivity contribution in [2.24, 2.45) is 17.8 Å². The number of aliphatic hydroxyl groups is 4. The minimum atomic E-state index is -1.84. The molecule has 19 heteroatoms. The quantitative estimate of drug-likeness (QED) is 0.0952. The summed E-state index contributed by atoms with van der Waals surface area (Å²) in [6.07, 6.45) is -2.42. The largest absolute Gasteiger partial charge is 0.477 e. The highest BCUT2D eigenvalue weighted by Gasteiger charge is 2.53. The molecule has 76 heavy (non-hydrogen) atoms. The topological polar surface area (TPSA) is 238 Å². The van der Waals surface area contributed by atoms with Crippen LogP contribution in [0.25, 0.3) is 17.0 Å². The van der Waals surface area contributed by atoms with E-state index in [2.05, 4.69) is 0 Å². The summed E-state index contributed by atoms with van der Waals surface area (Å²) in [7, 11) is 7.20. The van der Waals surface area contributed by atoms with Crippen LogP contribution in [0.15, 0.2) is 35.3 Å². The van der Waals surface area contributed by atoms with Crippen LogP contribution in [0.2, 0.25) is 0 Å².